The number of halogens is 1. The molecule has 22 heavy (non-hydrogen) atoms. The molecular weight excluding hydrogens is 304 g/mol. The van der Waals surface area contributed by atoms with Crippen molar-refractivity contribution in [3.8, 4) is 11.5 Å². The van der Waals surface area contributed by atoms with Gasteiger partial charge in [-0.25, -0.2) is 0 Å². The molecule has 1 saturated heterocycles. The van der Waals surface area contributed by atoms with E-state index in [2.05, 4.69) is 16.8 Å². The molecule has 0 aliphatic carbocycles. The lowest BCUT2D eigenvalue weighted by Crippen LogP contribution is -2.51. The van der Waals surface area contributed by atoms with E-state index in [9.17, 15) is 5.11 Å². The van der Waals surface area contributed by atoms with Gasteiger partial charge in [-0.3, -0.25) is 4.90 Å². The molecule has 1 heterocycles. The molecule has 0 unspecified atom stereocenters. The summed E-state index contributed by atoms with van der Waals surface area (Å²) >= 11 is 6.27. The fraction of sp³-hybridized carbons (Fsp3) is 0.625. The molecule has 0 radical (unpaired) electrons. The molecule has 0 bridgehead atoms. The second-order valence-electron chi connectivity index (χ2n) is 5.69. The molecule has 0 aromatic heterocycles. The Balaban J connectivity index is 2.08. The molecule has 1 aliphatic heterocycles. The average molecular weight is 329 g/mol. The smallest absolute Gasteiger partial charge is 0.179 e. The first kappa shape index (κ1) is 17.3. The zero-order chi connectivity index (χ0) is 16.1. The van der Waals surface area contributed by atoms with Crippen LogP contribution in [-0.4, -0.2) is 68.5 Å². The third kappa shape index (κ3) is 4.04. The summed E-state index contributed by atoms with van der Waals surface area (Å²) < 4.78 is 10.6. The van der Waals surface area contributed by atoms with Gasteiger partial charge in [0.05, 0.1) is 19.2 Å². The molecule has 0 amide bonds. The maximum absolute atomic E-state index is 9.18. The number of likely N-dealkylation sites (N-methyl/N-ethyl adjacent to an activating group) is 1. The normalized spacial score (nSPS) is 20.1. The second kappa shape index (κ2) is 8.02. The molecular formula is C16H25ClN2O3. The monoisotopic (exact) mass is 328 g/mol. The summed E-state index contributed by atoms with van der Waals surface area (Å²) in [5, 5.41) is 9.75. The molecule has 0 saturated carbocycles. The van der Waals surface area contributed by atoms with E-state index in [0.717, 1.165) is 38.2 Å². The van der Waals surface area contributed by atoms with Gasteiger partial charge in [0, 0.05) is 38.8 Å². The van der Waals surface area contributed by atoms with E-state index >= 15 is 0 Å². The number of rotatable bonds is 6. The molecule has 1 atom stereocenters. The van der Waals surface area contributed by atoms with Gasteiger partial charge in [-0.1, -0.05) is 11.6 Å². The lowest BCUT2D eigenvalue weighted by molar-refractivity contribution is 0.0742. The number of aliphatic hydroxyl groups excluding tert-OH is 1. The summed E-state index contributed by atoms with van der Waals surface area (Å²) in [6.07, 6.45) is 0.805. The number of hydrogen-bond donors (Lipinski definition) is 1. The Bertz CT molecular complexity index is 499. The zero-order valence-electron chi connectivity index (χ0n) is 13.5. The largest absolute Gasteiger partial charge is 0.493 e. The minimum Gasteiger partial charge on any atom is -0.493 e. The Labute approximate surface area is 137 Å². The van der Waals surface area contributed by atoms with Crippen molar-refractivity contribution in [2.45, 2.75) is 19.0 Å². The van der Waals surface area contributed by atoms with Gasteiger partial charge in [-0.2, -0.15) is 0 Å². The summed E-state index contributed by atoms with van der Waals surface area (Å²) in [4.78, 5) is 4.70. The number of benzene rings is 1. The summed E-state index contributed by atoms with van der Waals surface area (Å²) in [6, 6.07) is 4.31. The fourth-order valence-corrected chi connectivity index (χ4v) is 3.25. The van der Waals surface area contributed by atoms with Crippen molar-refractivity contribution in [1.82, 2.24) is 9.80 Å². The first-order valence-corrected chi connectivity index (χ1v) is 7.90. The SMILES string of the molecule is COc1cc(CN2CCN(C)[C@@H](CCO)C2)cc(Cl)c1OC. The van der Waals surface area contributed by atoms with Crippen LogP contribution < -0.4 is 9.47 Å². The highest BCUT2D eigenvalue weighted by atomic mass is 35.5. The zero-order valence-corrected chi connectivity index (χ0v) is 14.3. The number of piperazine rings is 1. The van der Waals surface area contributed by atoms with Crippen molar-refractivity contribution in [1.29, 1.82) is 0 Å². The Hall–Kier alpha value is -1.01. The fourth-order valence-electron chi connectivity index (χ4n) is 2.94. The Kier molecular flexibility index (Phi) is 6.32. The quantitative estimate of drug-likeness (QED) is 0.863. The van der Waals surface area contributed by atoms with E-state index in [-0.39, 0.29) is 6.61 Å². The van der Waals surface area contributed by atoms with Crippen molar-refractivity contribution in [3.05, 3.63) is 22.7 Å². The van der Waals surface area contributed by atoms with Crippen LogP contribution in [0.3, 0.4) is 0 Å². The van der Waals surface area contributed by atoms with Gasteiger partial charge in [0.25, 0.3) is 0 Å². The summed E-state index contributed by atoms with van der Waals surface area (Å²) in [5.74, 6) is 1.23. The minimum atomic E-state index is 0.227. The van der Waals surface area contributed by atoms with Crippen molar-refractivity contribution in [3.63, 3.8) is 0 Å². The lowest BCUT2D eigenvalue weighted by Gasteiger charge is -2.39. The lowest BCUT2D eigenvalue weighted by atomic mass is 10.1. The molecule has 2 rings (SSSR count). The van der Waals surface area contributed by atoms with Gasteiger partial charge in [-0.15, -0.1) is 0 Å². The third-order valence-corrected chi connectivity index (χ3v) is 4.50. The van der Waals surface area contributed by atoms with Gasteiger partial charge in [-0.05, 0) is 31.2 Å². The van der Waals surface area contributed by atoms with Crippen LogP contribution >= 0.6 is 11.6 Å². The molecule has 1 aromatic carbocycles. The van der Waals surface area contributed by atoms with Crippen molar-refractivity contribution in [2.75, 3.05) is 47.5 Å². The number of ether oxygens (including phenoxy) is 2. The summed E-state index contributed by atoms with van der Waals surface area (Å²) in [6.45, 7) is 4.00. The van der Waals surface area contributed by atoms with E-state index in [4.69, 9.17) is 21.1 Å². The average Bonchev–Trinajstić information content (AvgIpc) is 2.50. The third-order valence-electron chi connectivity index (χ3n) is 4.22. The second-order valence-corrected chi connectivity index (χ2v) is 6.10. The van der Waals surface area contributed by atoms with Crippen LogP contribution in [0.25, 0.3) is 0 Å². The van der Waals surface area contributed by atoms with Crippen LogP contribution in [0.15, 0.2) is 12.1 Å². The van der Waals surface area contributed by atoms with E-state index in [0.29, 0.717) is 22.6 Å². The first-order chi connectivity index (χ1) is 10.6. The summed E-state index contributed by atoms with van der Waals surface area (Å²) in [7, 11) is 5.32. The Morgan fingerprint density at radius 3 is 2.68 bits per heavy atom. The van der Waals surface area contributed by atoms with E-state index in [1.54, 1.807) is 14.2 Å². The number of methoxy groups -OCH3 is 2. The van der Waals surface area contributed by atoms with Gasteiger partial charge in [0.1, 0.15) is 0 Å². The topological polar surface area (TPSA) is 45.2 Å². The minimum absolute atomic E-state index is 0.227. The molecule has 1 aromatic rings. The van der Waals surface area contributed by atoms with Crippen LogP contribution in [0.5, 0.6) is 11.5 Å². The van der Waals surface area contributed by atoms with Crippen molar-refractivity contribution in [2.24, 2.45) is 0 Å². The number of nitrogens with zero attached hydrogens (tertiary/aromatic N) is 2. The van der Waals surface area contributed by atoms with Crippen molar-refractivity contribution >= 4 is 11.6 Å². The molecule has 5 nitrogen and oxygen atoms in total. The predicted molar refractivity (Wildman–Crippen MR) is 88.0 cm³/mol. The highest BCUT2D eigenvalue weighted by Gasteiger charge is 2.24. The van der Waals surface area contributed by atoms with E-state index in [1.807, 2.05) is 12.1 Å². The standard InChI is InChI=1S/C16H25ClN2O3/c1-18-5-6-19(11-13(18)4-7-20)10-12-8-14(17)16(22-3)15(9-12)21-2/h8-9,13,20H,4-7,10-11H2,1-3H3/t13-/m0/s1. The van der Waals surface area contributed by atoms with Gasteiger partial charge in [0.2, 0.25) is 0 Å². The Morgan fingerprint density at radius 1 is 1.27 bits per heavy atom. The molecule has 1 fully saturated rings. The van der Waals surface area contributed by atoms with E-state index < -0.39 is 0 Å². The van der Waals surface area contributed by atoms with Crippen LogP contribution in [0.2, 0.25) is 5.02 Å². The maximum Gasteiger partial charge on any atom is 0.179 e. The molecule has 124 valence electrons. The van der Waals surface area contributed by atoms with Gasteiger partial charge in [0.15, 0.2) is 11.5 Å². The number of hydrogen-bond acceptors (Lipinski definition) is 5. The maximum atomic E-state index is 9.18. The highest BCUT2D eigenvalue weighted by Crippen LogP contribution is 2.36. The van der Waals surface area contributed by atoms with Crippen LogP contribution in [0, 0.1) is 0 Å². The molecule has 1 aliphatic rings. The van der Waals surface area contributed by atoms with Gasteiger partial charge < -0.3 is 19.5 Å². The molecule has 1 N–H and O–H groups in total. The summed E-state index contributed by atoms with van der Waals surface area (Å²) in [5.41, 5.74) is 1.11. The highest BCUT2D eigenvalue weighted by molar-refractivity contribution is 6.32. The number of aliphatic hydroxyl groups is 1. The Morgan fingerprint density at radius 2 is 2.05 bits per heavy atom. The van der Waals surface area contributed by atoms with Crippen molar-refractivity contribution < 1.29 is 14.6 Å². The van der Waals surface area contributed by atoms with Crippen LogP contribution in [0.4, 0.5) is 0 Å². The van der Waals surface area contributed by atoms with Crippen LogP contribution in [-0.2, 0) is 6.54 Å². The molecule has 6 heteroatoms. The molecule has 0 spiro atoms. The predicted octanol–water partition coefficient (Wildman–Crippen LogP) is 1.86. The van der Waals surface area contributed by atoms with Gasteiger partial charge >= 0.3 is 0 Å². The van der Waals surface area contributed by atoms with Crippen LogP contribution in [0.1, 0.15) is 12.0 Å². The van der Waals surface area contributed by atoms with E-state index in [1.165, 1.54) is 0 Å². The first-order valence-electron chi connectivity index (χ1n) is 7.53.